The number of nitrogens with zero attached hydrogens (tertiary/aromatic N) is 4. The molecule has 3 aromatic rings. The van der Waals surface area contributed by atoms with E-state index in [4.69, 9.17) is 0 Å². The van der Waals surface area contributed by atoms with Crippen molar-refractivity contribution in [2.75, 3.05) is 12.3 Å². The molecule has 140 valence electrons. The van der Waals surface area contributed by atoms with E-state index in [1.165, 1.54) is 17.3 Å². The van der Waals surface area contributed by atoms with Crippen molar-refractivity contribution in [3.63, 3.8) is 0 Å². The van der Waals surface area contributed by atoms with Crippen LogP contribution in [0.1, 0.15) is 23.9 Å². The van der Waals surface area contributed by atoms with E-state index in [-0.39, 0.29) is 5.91 Å². The summed E-state index contributed by atoms with van der Waals surface area (Å²) in [6.07, 6.45) is 0. The van der Waals surface area contributed by atoms with Crippen LogP contribution in [0.3, 0.4) is 0 Å². The zero-order valence-electron chi connectivity index (χ0n) is 15.9. The number of rotatable bonds is 7. The summed E-state index contributed by atoms with van der Waals surface area (Å²) in [5.74, 6) is 1.25. The van der Waals surface area contributed by atoms with E-state index in [2.05, 4.69) is 29.3 Å². The van der Waals surface area contributed by atoms with E-state index < -0.39 is 0 Å². The van der Waals surface area contributed by atoms with Crippen molar-refractivity contribution < 1.29 is 4.79 Å². The summed E-state index contributed by atoms with van der Waals surface area (Å²) >= 11 is 1.43. The Morgan fingerprint density at radius 3 is 2.56 bits per heavy atom. The molecule has 1 heterocycles. The summed E-state index contributed by atoms with van der Waals surface area (Å²) in [4.78, 5) is 14.6. The monoisotopic (exact) mass is 380 g/mol. The lowest BCUT2D eigenvalue weighted by Crippen LogP contribution is -2.31. The molecule has 0 fully saturated rings. The molecular weight excluding hydrogens is 356 g/mol. The molecule has 0 atom stereocenters. The van der Waals surface area contributed by atoms with Crippen molar-refractivity contribution in [1.82, 2.24) is 19.7 Å². The molecule has 0 aliphatic rings. The first kappa shape index (κ1) is 19.2. The van der Waals surface area contributed by atoms with E-state index in [1.54, 1.807) is 0 Å². The Morgan fingerprint density at radius 1 is 1.07 bits per heavy atom. The number of carbonyl (C=O) groups excluding carboxylic acids is 1. The fraction of sp³-hybridized carbons (Fsp3) is 0.286. The Morgan fingerprint density at radius 2 is 1.85 bits per heavy atom. The number of benzene rings is 2. The molecule has 0 saturated carbocycles. The maximum Gasteiger partial charge on any atom is 0.233 e. The van der Waals surface area contributed by atoms with Crippen molar-refractivity contribution in [2.24, 2.45) is 0 Å². The quantitative estimate of drug-likeness (QED) is 0.581. The van der Waals surface area contributed by atoms with Crippen molar-refractivity contribution in [3.05, 3.63) is 71.5 Å². The minimum atomic E-state index is 0.0998. The van der Waals surface area contributed by atoms with Crippen LogP contribution >= 0.6 is 11.8 Å². The molecule has 27 heavy (non-hydrogen) atoms. The summed E-state index contributed by atoms with van der Waals surface area (Å²) < 4.78 is 2.00. The minimum Gasteiger partial charge on any atom is -0.338 e. The van der Waals surface area contributed by atoms with Crippen LogP contribution in [0.2, 0.25) is 0 Å². The number of aromatic nitrogens is 3. The van der Waals surface area contributed by atoms with Crippen LogP contribution in [0.15, 0.2) is 59.8 Å². The first-order valence-corrected chi connectivity index (χ1v) is 10.0. The van der Waals surface area contributed by atoms with Crippen molar-refractivity contribution in [3.8, 4) is 5.69 Å². The summed E-state index contributed by atoms with van der Waals surface area (Å²) in [5.41, 5.74) is 3.33. The highest BCUT2D eigenvalue weighted by Gasteiger charge is 2.17. The van der Waals surface area contributed by atoms with E-state index >= 15 is 0 Å². The lowest BCUT2D eigenvalue weighted by molar-refractivity contribution is -0.128. The largest absolute Gasteiger partial charge is 0.338 e. The van der Waals surface area contributed by atoms with Gasteiger partial charge in [0.1, 0.15) is 5.82 Å². The van der Waals surface area contributed by atoms with Crippen molar-refractivity contribution >= 4 is 17.7 Å². The van der Waals surface area contributed by atoms with E-state index in [0.29, 0.717) is 18.8 Å². The molecule has 0 aliphatic carbocycles. The van der Waals surface area contributed by atoms with Crippen LogP contribution in [0.5, 0.6) is 0 Å². The average molecular weight is 381 g/mol. The number of hydrogen-bond acceptors (Lipinski definition) is 4. The second kappa shape index (κ2) is 8.86. The molecule has 6 heteroatoms. The third-order valence-electron chi connectivity index (χ3n) is 4.33. The summed E-state index contributed by atoms with van der Waals surface area (Å²) in [6.45, 7) is 7.29. The van der Waals surface area contributed by atoms with Gasteiger partial charge >= 0.3 is 0 Å². The summed E-state index contributed by atoms with van der Waals surface area (Å²) in [6, 6.07) is 18.3. The molecular formula is C21H24N4OS. The van der Waals surface area contributed by atoms with Crippen LogP contribution in [0.25, 0.3) is 5.69 Å². The maximum absolute atomic E-state index is 12.7. The zero-order chi connectivity index (χ0) is 19.2. The van der Waals surface area contributed by atoms with Gasteiger partial charge in [-0.15, -0.1) is 10.2 Å². The average Bonchev–Trinajstić information content (AvgIpc) is 3.05. The molecule has 0 spiro atoms. The van der Waals surface area contributed by atoms with E-state index in [0.717, 1.165) is 22.2 Å². The summed E-state index contributed by atoms with van der Waals surface area (Å²) in [7, 11) is 0. The third kappa shape index (κ3) is 4.77. The topological polar surface area (TPSA) is 51.0 Å². The van der Waals surface area contributed by atoms with E-state index in [9.17, 15) is 4.79 Å². The van der Waals surface area contributed by atoms with E-state index in [1.807, 2.05) is 65.8 Å². The molecule has 0 aliphatic heterocycles. The Labute approximate surface area is 164 Å². The van der Waals surface area contributed by atoms with Crippen LogP contribution in [0.4, 0.5) is 0 Å². The number of hydrogen-bond donors (Lipinski definition) is 0. The second-order valence-electron chi connectivity index (χ2n) is 6.39. The zero-order valence-corrected chi connectivity index (χ0v) is 16.7. The van der Waals surface area contributed by atoms with Gasteiger partial charge in [-0.1, -0.05) is 54.2 Å². The molecule has 0 unspecified atom stereocenters. The molecule has 0 saturated heterocycles. The molecule has 0 radical (unpaired) electrons. The Hall–Kier alpha value is -2.60. The van der Waals surface area contributed by atoms with Gasteiger partial charge in [-0.2, -0.15) is 0 Å². The fourth-order valence-corrected chi connectivity index (χ4v) is 3.80. The van der Waals surface area contributed by atoms with Crippen LogP contribution in [-0.4, -0.2) is 37.9 Å². The number of thioether (sulfide) groups is 1. The van der Waals surface area contributed by atoms with Crippen LogP contribution in [0, 0.1) is 13.8 Å². The SMILES string of the molecule is CCN(Cc1ccccc1)C(=O)CSc1nnc(C)n1-c1cccc(C)c1. The molecule has 5 nitrogen and oxygen atoms in total. The van der Waals surface area contributed by atoms with Gasteiger partial charge < -0.3 is 4.90 Å². The Kier molecular flexibility index (Phi) is 6.29. The Balaban J connectivity index is 1.70. The minimum absolute atomic E-state index is 0.0998. The molecule has 3 rings (SSSR count). The van der Waals surface area contributed by atoms with Gasteiger partial charge in [-0.3, -0.25) is 9.36 Å². The number of amides is 1. The lowest BCUT2D eigenvalue weighted by Gasteiger charge is -2.20. The molecule has 0 N–H and O–H groups in total. The van der Waals surface area contributed by atoms with Gasteiger partial charge in [0.15, 0.2) is 5.16 Å². The van der Waals surface area contributed by atoms with Gasteiger partial charge in [0.2, 0.25) is 5.91 Å². The lowest BCUT2D eigenvalue weighted by atomic mass is 10.2. The van der Waals surface area contributed by atoms with Gasteiger partial charge in [-0.25, -0.2) is 0 Å². The highest BCUT2D eigenvalue weighted by Crippen LogP contribution is 2.23. The predicted octanol–water partition coefficient (Wildman–Crippen LogP) is 4.02. The molecule has 0 bridgehead atoms. The summed E-state index contributed by atoms with van der Waals surface area (Å²) in [5, 5.41) is 9.21. The van der Waals surface area contributed by atoms with Gasteiger partial charge in [0.05, 0.1) is 5.75 Å². The maximum atomic E-state index is 12.7. The van der Waals surface area contributed by atoms with Gasteiger partial charge in [0.25, 0.3) is 0 Å². The Bertz CT molecular complexity index is 908. The molecule has 1 aromatic heterocycles. The smallest absolute Gasteiger partial charge is 0.233 e. The normalized spacial score (nSPS) is 10.8. The molecule has 2 aromatic carbocycles. The fourth-order valence-electron chi connectivity index (χ4n) is 2.90. The van der Waals surface area contributed by atoms with Crippen LogP contribution in [-0.2, 0) is 11.3 Å². The third-order valence-corrected chi connectivity index (χ3v) is 5.24. The van der Waals surface area contributed by atoms with Gasteiger partial charge in [0, 0.05) is 18.8 Å². The standard InChI is InChI=1S/C21H24N4OS/c1-4-24(14-18-10-6-5-7-11-18)20(26)15-27-21-23-22-17(3)25(21)19-12-8-9-16(2)13-19/h5-13H,4,14-15H2,1-3H3. The molecule has 1 amide bonds. The highest BCUT2D eigenvalue weighted by atomic mass is 32.2. The number of aryl methyl sites for hydroxylation is 2. The van der Waals surface area contributed by atoms with Crippen molar-refractivity contribution in [1.29, 1.82) is 0 Å². The van der Waals surface area contributed by atoms with Crippen molar-refractivity contribution in [2.45, 2.75) is 32.5 Å². The first-order valence-electron chi connectivity index (χ1n) is 9.02. The predicted molar refractivity (Wildman–Crippen MR) is 109 cm³/mol. The first-order chi connectivity index (χ1) is 13.1. The number of carbonyl (C=O) groups is 1. The van der Waals surface area contributed by atoms with Crippen LogP contribution < -0.4 is 0 Å². The van der Waals surface area contributed by atoms with Gasteiger partial charge in [-0.05, 0) is 44.0 Å². The highest BCUT2D eigenvalue weighted by molar-refractivity contribution is 7.99. The second-order valence-corrected chi connectivity index (χ2v) is 7.33.